The van der Waals surface area contributed by atoms with Gasteiger partial charge < -0.3 is 14.6 Å². The number of hydrogen-bond acceptors (Lipinski definition) is 5. The molecular formula is C28H29NO5. The normalized spacial score (nSPS) is 31.3. The van der Waals surface area contributed by atoms with Gasteiger partial charge in [-0.3, -0.25) is 14.5 Å². The van der Waals surface area contributed by atoms with E-state index < -0.39 is 6.10 Å². The predicted octanol–water partition coefficient (Wildman–Crippen LogP) is 3.93. The fourth-order valence-electron chi connectivity index (χ4n) is 6.56. The van der Waals surface area contributed by atoms with Crippen LogP contribution in [0.15, 0.2) is 54.6 Å². The van der Waals surface area contributed by atoms with Crippen molar-refractivity contribution in [2.75, 3.05) is 19.1 Å². The molecule has 5 aliphatic rings. The number of carbonyl (C=O) groups is 2. The van der Waals surface area contributed by atoms with E-state index in [9.17, 15) is 14.7 Å². The van der Waals surface area contributed by atoms with Crippen molar-refractivity contribution >= 4 is 17.5 Å². The monoisotopic (exact) mass is 459 g/mol. The molecule has 6 nitrogen and oxygen atoms in total. The summed E-state index contributed by atoms with van der Waals surface area (Å²) in [5.74, 6) is 2.47. The zero-order chi connectivity index (χ0) is 23.6. The van der Waals surface area contributed by atoms with Crippen LogP contribution in [-0.2, 0) is 16.0 Å². The van der Waals surface area contributed by atoms with Gasteiger partial charge in [0, 0.05) is 0 Å². The van der Waals surface area contributed by atoms with Gasteiger partial charge in [-0.1, -0.05) is 30.4 Å². The summed E-state index contributed by atoms with van der Waals surface area (Å²) < 4.78 is 10.6. The number of methoxy groups -OCH3 is 2. The Hall–Kier alpha value is -3.12. The molecule has 1 saturated heterocycles. The first-order chi connectivity index (χ1) is 16.5. The van der Waals surface area contributed by atoms with Crippen LogP contribution < -0.4 is 14.4 Å². The van der Waals surface area contributed by atoms with Crippen molar-refractivity contribution in [3.05, 3.63) is 65.7 Å². The van der Waals surface area contributed by atoms with Crippen LogP contribution in [0.25, 0.3) is 0 Å². The highest BCUT2D eigenvalue weighted by atomic mass is 16.5. The quantitative estimate of drug-likeness (QED) is 0.502. The van der Waals surface area contributed by atoms with E-state index >= 15 is 0 Å². The minimum Gasteiger partial charge on any atom is -0.493 e. The molecule has 1 heterocycles. The third-order valence-electron chi connectivity index (χ3n) is 8.35. The highest BCUT2D eigenvalue weighted by molar-refractivity contribution is 6.22. The standard InChI is InChI=1S/C28H29NO5/c1-33-23-12-4-15(13-24(23)34-2)3-11-22(30)16-5-7-17(8-6-16)29-27(31)25-18-9-10-19(21-14-20(18)21)26(25)28(29)32/h4-10,12-13,18-22,25-26,30H,3,11,14H2,1-2H3. The van der Waals surface area contributed by atoms with E-state index in [1.54, 1.807) is 26.4 Å². The highest BCUT2D eigenvalue weighted by Crippen LogP contribution is 2.65. The Morgan fingerprint density at radius 2 is 1.53 bits per heavy atom. The SMILES string of the molecule is COc1ccc(CCC(O)c2ccc(N3C(=O)C4C5C=CC(C6CC56)C4C3=O)cc2)cc1OC. The Morgan fingerprint density at radius 3 is 2.12 bits per heavy atom. The van der Waals surface area contributed by atoms with Gasteiger partial charge in [-0.05, 0) is 78.3 Å². The summed E-state index contributed by atoms with van der Waals surface area (Å²) >= 11 is 0. The Bertz CT molecular complexity index is 1140. The number of aliphatic hydroxyl groups is 1. The largest absolute Gasteiger partial charge is 0.493 e. The first kappa shape index (κ1) is 21.4. The van der Waals surface area contributed by atoms with Crippen LogP contribution in [0.4, 0.5) is 5.69 Å². The summed E-state index contributed by atoms with van der Waals surface area (Å²) in [6.45, 7) is 0. The molecule has 2 aromatic carbocycles. The summed E-state index contributed by atoms with van der Waals surface area (Å²) in [5, 5.41) is 10.7. The summed E-state index contributed by atoms with van der Waals surface area (Å²) in [7, 11) is 3.21. The molecule has 3 fully saturated rings. The fourth-order valence-corrected chi connectivity index (χ4v) is 6.56. The smallest absolute Gasteiger partial charge is 0.238 e. The van der Waals surface area contributed by atoms with E-state index in [4.69, 9.17) is 9.47 Å². The van der Waals surface area contributed by atoms with Gasteiger partial charge in [0.1, 0.15) is 0 Å². The molecule has 0 spiro atoms. The first-order valence-electron chi connectivity index (χ1n) is 12.1. The number of ether oxygens (including phenoxy) is 2. The van der Waals surface area contributed by atoms with Gasteiger partial charge >= 0.3 is 0 Å². The van der Waals surface area contributed by atoms with Crippen molar-refractivity contribution < 1.29 is 24.2 Å². The van der Waals surface area contributed by atoms with Gasteiger partial charge in [-0.15, -0.1) is 0 Å². The number of nitrogens with zero attached hydrogens (tertiary/aromatic N) is 1. The summed E-state index contributed by atoms with van der Waals surface area (Å²) in [5.41, 5.74) is 2.42. The number of benzene rings is 2. The Kier molecular flexibility index (Phi) is 5.03. The third kappa shape index (κ3) is 3.19. The van der Waals surface area contributed by atoms with Crippen molar-refractivity contribution in [1.29, 1.82) is 0 Å². The summed E-state index contributed by atoms with van der Waals surface area (Å²) in [4.78, 5) is 28.0. The number of hydrogen-bond donors (Lipinski definition) is 1. The molecule has 7 atom stereocenters. The zero-order valence-corrected chi connectivity index (χ0v) is 19.4. The first-order valence-corrected chi connectivity index (χ1v) is 12.1. The highest BCUT2D eigenvalue weighted by Gasteiger charge is 2.67. The van der Waals surface area contributed by atoms with Crippen molar-refractivity contribution in [2.24, 2.45) is 35.5 Å². The molecule has 0 aromatic heterocycles. The average molecular weight is 460 g/mol. The lowest BCUT2D eigenvalue weighted by Crippen LogP contribution is -2.40. The number of amides is 2. The van der Waals surface area contributed by atoms with E-state index in [0.29, 0.717) is 41.9 Å². The number of allylic oxidation sites excluding steroid dienone is 2. The molecular weight excluding hydrogens is 430 g/mol. The number of imide groups is 1. The van der Waals surface area contributed by atoms with Crippen molar-refractivity contribution in [1.82, 2.24) is 0 Å². The zero-order valence-electron chi connectivity index (χ0n) is 19.4. The molecule has 6 heteroatoms. The van der Waals surface area contributed by atoms with Crippen molar-refractivity contribution in [3.8, 4) is 11.5 Å². The maximum absolute atomic E-state index is 13.3. The lowest BCUT2D eigenvalue weighted by atomic mass is 9.63. The predicted molar refractivity (Wildman–Crippen MR) is 126 cm³/mol. The lowest BCUT2D eigenvalue weighted by molar-refractivity contribution is -0.124. The molecule has 2 bridgehead atoms. The van der Waals surface area contributed by atoms with Crippen molar-refractivity contribution in [2.45, 2.75) is 25.4 Å². The molecule has 0 radical (unpaired) electrons. The number of anilines is 1. The molecule has 1 N–H and O–H groups in total. The molecule has 34 heavy (non-hydrogen) atoms. The van der Waals surface area contributed by atoms with E-state index in [-0.39, 0.29) is 35.5 Å². The topological polar surface area (TPSA) is 76.1 Å². The average Bonchev–Trinajstić information content (AvgIpc) is 3.65. The van der Waals surface area contributed by atoms with Crippen LogP contribution in [0.1, 0.15) is 30.1 Å². The molecule has 176 valence electrons. The molecule has 2 aromatic rings. The van der Waals surface area contributed by atoms with E-state index in [1.165, 1.54) is 4.90 Å². The molecule has 2 amide bonds. The van der Waals surface area contributed by atoms with E-state index in [1.807, 2.05) is 30.3 Å². The Balaban J connectivity index is 1.14. The summed E-state index contributed by atoms with van der Waals surface area (Å²) in [6, 6.07) is 13.0. The second-order valence-corrected chi connectivity index (χ2v) is 10.0. The number of aliphatic hydroxyl groups excluding tert-OH is 1. The molecule has 2 saturated carbocycles. The van der Waals surface area contributed by atoms with Crippen LogP contribution in [0, 0.1) is 35.5 Å². The van der Waals surface area contributed by atoms with E-state index in [0.717, 1.165) is 17.5 Å². The molecule has 7 rings (SSSR count). The minimum absolute atomic E-state index is 0.0542. The number of carbonyl (C=O) groups excluding carboxylic acids is 2. The maximum atomic E-state index is 13.3. The second kappa shape index (κ2) is 7.98. The maximum Gasteiger partial charge on any atom is 0.238 e. The van der Waals surface area contributed by atoms with E-state index in [2.05, 4.69) is 12.2 Å². The van der Waals surface area contributed by atoms with Gasteiger partial charge in [-0.25, -0.2) is 0 Å². The minimum atomic E-state index is -0.651. The van der Waals surface area contributed by atoms with Gasteiger partial charge in [0.15, 0.2) is 11.5 Å². The van der Waals surface area contributed by atoms with Gasteiger partial charge in [0.2, 0.25) is 11.8 Å². The Labute approximate surface area is 199 Å². The number of rotatable bonds is 7. The fraction of sp³-hybridized carbons (Fsp3) is 0.429. The lowest BCUT2D eigenvalue weighted by Gasteiger charge is -2.37. The van der Waals surface area contributed by atoms with Crippen molar-refractivity contribution in [3.63, 3.8) is 0 Å². The van der Waals surface area contributed by atoms with Crippen LogP contribution in [-0.4, -0.2) is 31.1 Å². The van der Waals surface area contributed by atoms with Crippen LogP contribution in [0.3, 0.4) is 0 Å². The molecule has 7 unspecified atom stereocenters. The van der Waals surface area contributed by atoms with Crippen LogP contribution in [0.5, 0.6) is 11.5 Å². The number of aryl methyl sites for hydroxylation is 1. The molecule has 1 aliphatic heterocycles. The van der Waals surface area contributed by atoms with Crippen LogP contribution in [0.2, 0.25) is 0 Å². The van der Waals surface area contributed by atoms with Gasteiger partial charge in [0.05, 0.1) is 37.8 Å². The van der Waals surface area contributed by atoms with Gasteiger partial charge in [-0.2, -0.15) is 0 Å². The summed E-state index contributed by atoms with van der Waals surface area (Å²) in [6.07, 6.45) is 6.10. The molecule has 4 aliphatic carbocycles. The second-order valence-electron chi connectivity index (χ2n) is 10.0. The Morgan fingerprint density at radius 1 is 0.912 bits per heavy atom. The van der Waals surface area contributed by atoms with Gasteiger partial charge in [0.25, 0.3) is 0 Å². The van der Waals surface area contributed by atoms with Crippen LogP contribution >= 0.6 is 0 Å². The third-order valence-corrected chi connectivity index (χ3v) is 8.35.